The third-order valence-electron chi connectivity index (χ3n) is 6.17. The fourth-order valence-corrected chi connectivity index (χ4v) is 4.47. The Kier molecular flexibility index (Phi) is 7.27. The van der Waals surface area contributed by atoms with Crippen LogP contribution in [0.15, 0.2) is 24.3 Å². The maximum Gasteiger partial charge on any atom is 0.303 e. The zero-order chi connectivity index (χ0) is 19.1. The minimum absolute atomic E-state index is 0.0289. The Morgan fingerprint density at radius 3 is 2.30 bits per heavy atom. The van der Waals surface area contributed by atoms with Crippen LogP contribution in [0.5, 0.6) is 0 Å². The van der Waals surface area contributed by atoms with E-state index >= 15 is 0 Å². The molecule has 0 aromatic heterocycles. The molecule has 0 atom stereocenters. The number of carbonyl (C=O) groups is 2. The van der Waals surface area contributed by atoms with Crippen LogP contribution >= 0.6 is 0 Å². The SMILES string of the molecule is O=C(O)CCCC1CCC(NC(=O)c2ccc(C3CCNCC3)cc2)CC1. The third-order valence-corrected chi connectivity index (χ3v) is 6.17. The molecule has 0 spiro atoms. The number of rotatable bonds is 7. The van der Waals surface area contributed by atoms with E-state index in [-0.39, 0.29) is 18.4 Å². The van der Waals surface area contributed by atoms with Crippen LogP contribution in [0.4, 0.5) is 0 Å². The molecule has 3 rings (SSSR count). The van der Waals surface area contributed by atoms with Crippen LogP contribution in [0.1, 0.15) is 79.6 Å². The molecule has 5 nitrogen and oxygen atoms in total. The maximum absolute atomic E-state index is 12.5. The van der Waals surface area contributed by atoms with Crippen LogP contribution in [0.2, 0.25) is 0 Å². The van der Waals surface area contributed by atoms with Gasteiger partial charge in [0, 0.05) is 18.0 Å². The Morgan fingerprint density at radius 2 is 1.67 bits per heavy atom. The topological polar surface area (TPSA) is 78.4 Å². The zero-order valence-electron chi connectivity index (χ0n) is 16.1. The molecule has 1 amide bonds. The van der Waals surface area contributed by atoms with E-state index < -0.39 is 5.97 Å². The number of nitrogens with one attached hydrogen (secondary N) is 2. The summed E-state index contributed by atoms with van der Waals surface area (Å²) in [6, 6.07) is 8.40. The molecule has 148 valence electrons. The van der Waals surface area contributed by atoms with Crippen LogP contribution in [-0.2, 0) is 4.79 Å². The van der Waals surface area contributed by atoms with Crippen LogP contribution in [0, 0.1) is 5.92 Å². The number of hydrogen-bond donors (Lipinski definition) is 3. The molecule has 1 saturated carbocycles. The molecule has 27 heavy (non-hydrogen) atoms. The number of hydrogen-bond acceptors (Lipinski definition) is 3. The first-order chi connectivity index (χ1) is 13.1. The Labute approximate surface area is 161 Å². The summed E-state index contributed by atoms with van der Waals surface area (Å²) in [6.07, 6.45) is 8.52. The number of carboxylic acids is 1. The number of amides is 1. The van der Waals surface area contributed by atoms with Crippen molar-refractivity contribution in [2.24, 2.45) is 5.92 Å². The molecular formula is C22H32N2O3. The number of benzene rings is 1. The predicted molar refractivity (Wildman–Crippen MR) is 106 cm³/mol. The largest absolute Gasteiger partial charge is 0.481 e. The van der Waals surface area contributed by atoms with Crippen molar-refractivity contribution in [2.45, 2.75) is 69.7 Å². The molecule has 1 aromatic rings. The average Bonchev–Trinajstić information content (AvgIpc) is 2.70. The van der Waals surface area contributed by atoms with Crippen LogP contribution in [0.3, 0.4) is 0 Å². The smallest absolute Gasteiger partial charge is 0.303 e. The molecule has 0 unspecified atom stereocenters. The normalized spacial score (nSPS) is 23.7. The van der Waals surface area contributed by atoms with Crippen molar-refractivity contribution in [2.75, 3.05) is 13.1 Å². The van der Waals surface area contributed by atoms with E-state index in [2.05, 4.69) is 22.8 Å². The monoisotopic (exact) mass is 372 g/mol. The van der Waals surface area contributed by atoms with Gasteiger partial charge in [-0.15, -0.1) is 0 Å². The molecule has 1 heterocycles. The Bertz CT molecular complexity index is 615. The standard InChI is InChI=1S/C22H32N2O3/c25-21(26)3-1-2-16-4-10-20(11-5-16)24-22(27)19-8-6-17(7-9-19)18-12-14-23-15-13-18/h6-9,16,18,20,23H,1-5,10-15H2,(H,24,27)(H,25,26). The van der Waals surface area contributed by atoms with Crippen molar-refractivity contribution in [3.63, 3.8) is 0 Å². The zero-order valence-corrected chi connectivity index (χ0v) is 16.1. The van der Waals surface area contributed by atoms with Crippen molar-refractivity contribution in [1.29, 1.82) is 0 Å². The maximum atomic E-state index is 12.5. The predicted octanol–water partition coefficient (Wildman–Crippen LogP) is 3.70. The highest BCUT2D eigenvalue weighted by molar-refractivity contribution is 5.94. The highest BCUT2D eigenvalue weighted by Crippen LogP contribution is 2.29. The highest BCUT2D eigenvalue weighted by atomic mass is 16.4. The Balaban J connectivity index is 1.42. The molecule has 0 bridgehead atoms. The summed E-state index contributed by atoms with van der Waals surface area (Å²) in [5, 5.41) is 15.3. The first-order valence-electron chi connectivity index (χ1n) is 10.4. The van der Waals surface area contributed by atoms with Crippen LogP contribution in [-0.4, -0.2) is 36.1 Å². The fraction of sp³-hybridized carbons (Fsp3) is 0.636. The van der Waals surface area contributed by atoms with E-state index in [1.807, 2.05) is 12.1 Å². The van der Waals surface area contributed by atoms with Crippen LogP contribution < -0.4 is 10.6 Å². The molecule has 3 N–H and O–H groups in total. The van der Waals surface area contributed by atoms with Gasteiger partial charge in [-0.1, -0.05) is 12.1 Å². The summed E-state index contributed by atoms with van der Waals surface area (Å²) in [5.74, 6) is 0.546. The van der Waals surface area contributed by atoms with Crippen molar-refractivity contribution in [3.8, 4) is 0 Å². The Hall–Kier alpha value is -1.88. The van der Waals surface area contributed by atoms with Gasteiger partial charge in [-0.3, -0.25) is 9.59 Å². The Morgan fingerprint density at radius 1 is 1.00 bits per heavy atom. The van der Waals surface area contributed by atoms with E-state index in [1.54, 1.807) is 0 Å². The van der Waals surface area contributed by atoms with Gasteiger partial charge in [-0.2, -0.15) is 0 Å². The molecule has 1 saturated heterocycles. The molecule has 1 aliphatic carbocycles. The van der Waals surface area contributed by atoms with Gasteiger partial charge in [0.25, 0.3) is 5.91 Å². The van der Waals surface area contributed by atoms with Gasteiger partial charge in [0.1, 0.15) is 0 Å². The molecule has 2 fully saturated rings. The van der Waals surface area contributed by atoms with E-state index in [1.165, 1.54) is 18.4 Å². The van der Waals surface area contributed by atoms with Crippen molar-refractivity contribution in [1.82, 2.24) is 10.6 Å². The lowest BCUT2D eigenvalue weighted by molar-refractivity contribution is -0.137. The van der Waals surface area contributed by atoms with E-state index in [0.29, 0.717) is 11.8 Å². The number of piperidine rings is 1. The first kappa shape index (κ1) is 19.9. The second-order valence-corrected chi connectivity index (χ2v) is 8.12. The molecular weight excluding hydrogens is 340 g/mol. The minimum Gasteiger partial charge on any atom is -0.481 e. The lowest BCUT2D eigenvalue weighted by Crippen LogP contribution is -2.37. The summed E-state index contributed by atoms with van der Waals surface area (Å²) in [4.78, 5) is 23.2. The molecule has 1 aromatic carbocycles. The fourth-order valence-electron chi connectivity index (χ4n) is 4.47. The van der Waals surface area contributed by atoms with Gasteiger partial charge in [-0.25, -0.2) is 0 Å². The van der Waals surface area contributed by atoms with E-state index in [0.717, 1.165) is 57.2 Å². The van der Waals surface area contributed by atoms with Gasteiger partial charge in [0.05, 0.1) is 0 Å². The third kappa shape index (κ3) is 6.06. The highest BCUT2D eigenvalue weighted by Gasteiger charge is 2.23. The van der Waals surface area contributed by atoms with Crippen molar-refractivity contribution >= 4 is 11.9 Å². The quantitative estimate of drug-likeness (QED) is 0.682. The lowest BCUT2D eigenvalue weighted by Gasteiger charge is -2.29. The first-order valence-corrected chi connectivity index (χ1v) is 10.4. The van der Waals surface area contributed by atoms with Crippen molar-refractivity contribution < 1.29 is 14.7 Å². The van der Waals surface area contributed by atoms with Crippen molar-refractivity contribution in [3.05, 3.63) is 35.4 Å². The summed E-state index contributed by atoms with van der Waals surface area (Å²) < 4.78 is 0. The van der Waals surface area contributed by atoms with Gasteiger partial charge in [-0.05, 0) is 94.0 Å². The summed E-state index contributed by atoms with van der Waals surface area (Å²) in [7, 11) is 0. The number of carbonyl (C=O) groups excluding carboxylic acids is 1. The van der Waals surface area contributed by atoms with Crippen LogP contribution in [0.25, 0.3) is 0 Å². The van der Waals surface area contributed by atoms with Gasteiger partial charge in [0.15, 0.2) is 0 Å². The average molecular weight is 373 g/mol. The number of carboxylic acid groups (broad SMARTS) is 1. The second-order valence-electron chi connectivity index (χ2n) is 8.12. The van der Waals surface area contributed by atoms with E-state index in [4.69, 9.17) is 5.11 Å². The minimum atomic E-state index is -0.706. The lowest BCUT2D eigenvalue weighted by atomic mass is 9.83. The molecule has 0 radical (unpaired) electrons. The summed E-state index contributed by atoms with van der Waals surface area (Å²) in [5.41, 5.74) is 2.09. The van der Waals surface area contributed by atoms with E-state index in [9.17, 15) is 9.59 Å². The summed E-state index contributed by atoms with van der Waals surface area (Å²) in [6.45, 7) is 2.15. The second kappa shape index (κ2) is 9.88. The molecule has 2 aliphatic rings. The van der Waals surface area contributed by atoms with Gasteiger partial charge in [0.2, 0.25) is 0 Å². The summed E-state index contributed by atoms with van der Waals surface area (Å²) >= 11 is 0. The molecule has 1 aliphatic heterocycles. The number of aliphatic carboxylic acids is 1. The molecule has 5 heteroatoms. The van der Waals surface area contributed by atoms with Gasteiger partial charge < -0.3 is 15.7 Å². The van der Waals surface area contributed by atoms with Gasteiger partial charge >= 0.3 is 5.97 Å².